The van der Waals surface area contributed by atoms with Crippen LogP contribution in [0.25, 0.3) is 0 Å². The summed E-state index contributed by atoms with van der Waals surface area (Å²) in [5, 5.41) is 22.4. The summed E-state index contributed by atoms with van der Waals surface area (Å²) in [6.07, 6.45) is 9.28. The molecule has 0 aromatic heterocycles. The van der Waals surface area contributed by atoms with Gasteiger partial charge in [0.1, 0.15) is 0 Å². The fraction of sp³-hybridized carbons (Fsp3) is 1.00. The highest BCUT2D eigenvalue weighted by atomic mass is 16.3. The fourth-order valence-electron chi connectivity index (χ4n) is 10.4. The Kier molecular flexibility index (Phi) is 1.56. The molecule has 6 unspecified atom stereocenters. The lowest BCUT2D eigenvalue weighted by molar-refractivity contribution is -0.342. The van der Waals surface area contributed by atoms with Crippen molar-refractivity contribution in [1.29, 1.82) is 0 Å². The number of hydrogen-bond donors (Lipinski definition) is 2. The molecule has 10 saturated carbocycles. The van der Waals surface area contributed by atoms with Crippen LogP contribution in [-0.2, 0) is 0 Å². The third kappa shape index (κ3) is 0.977. The smallest absolute Gasteiger partial charge is 0.0659 e. The van der Waals surface area contributed by atoms with Gasteiger partial charge in [-0.15, -0.1) is 0 Å². The van der Waals surface area contributed by atoms with Gasteiger partial charge in [-0.1, -0.05) is 0 Å². The molecule has 10 aliphatic carbocycles. The minimum Gasteiger partial charge on any atom is -0.390 e. The van der Waals surface area contributed by atoms with Crippen molar-refractivity contribution in [2.75, 3.05) is 0 Å². The van der Waals surface area contributed by atoms with E-state index in [2.05, 4.69) is 0 Å². The Morgan fingerprint density at radius 3 is 1.71 bits per heavy atom. The molecule has 10 fully saturated rings. The summed E-state index contributed by atoms with van der Waals surface area (Å²) in [6, 6.07) is 0. The van der Waals surface area contributed by atoms with E-state index in [0.717, 1.165) is 85.9 Å². The molecule has 0 aliphatic heterocycles. The highest BCUT2D eigenvalue weighted by Gasteiger charge is 2.79. The average Bonchev–Trinajstić information content (AvgIpc) is 2.58. The van der Waals surface area contributed by atoms with Gasteiger partial charge in [-0.3, -0.25) is 0 Å². The van der Waals surface area contributed by atoms with E-state index < -0.39 is 0 Å². The molecule has 6 atom stereocenters. The number of rotatable bonds is 0. The molecule has 11 bridgehead atoms. The number of aliphatic hydroxyl groups is 2. The molecule has 2 heteroatoms. The molecule has 2 N–H and O–H groups in total. The van der Waals surface area contributed by atoms with Gasteiger partial charge in [-0.25, -0.2) is 0 Å². The van der Waals surface area contributed by atoms with Gasteiger partial charge in [0, 0.05) is 0 Å². The van der Waals surface area contributed by atoms with Crippen LogP contribution in [0.4, 0.5) is 0 Å². The van der Waals surface area contributed by atoms with E-state index >= 15 is 0 Å². The Morgan fingerprint density at radius 1 is 0.619 bits per heavy atom. The zero-order valence-corrected chi connectivity index (χ0v) is 12.7. The fourth-order valence-corrected chi connectivity index (χ4v) is 10.4. The van der Waals surface area contributed by atoms with E-state index in [1.807, 2.05) is 0 Å². The Hall–Kier alpha value is -0.0800. The summed E-state index contributed by atoms with van der Waals surface area (Å²) in [5.41, 5.74) is -0.193. The van der Waals surface area contributed by atoms with Crippen molar-refractivity contribution in [1.82, 2.24) is 0 Å². The van der Waals surface area contributed by atoms with E-state index in [1.165, 1.54) is 12.8 Å². The SMILES string of the molecule is OC12CCC34CC5(O)CC6C7CC(C(C1)C63)C(C2)C4C7C5. The molecule has 0 saturated heterocycles. The highest BCUT2D eigenvalue weighted by Crippen LogP contribution is 2.83. The van der Waals surface area contributed by atoms with Crippen LogP contribution in [0, 0.1) is 52.8 Å². The monoisotopic (exact) mass is 286 g/mol. The van der Waals surface area contributed by atoms with Crippen LogP contribution in [0.3, 0.4) is 0 Å². The summed E-state index contributed by atoms with van der Waals surface area (Å²) in [7, 11) is 0. The summed E-state index contributed by atoms with van der Waals surface area (Å²) < 4.78 is 0. The van der Waals surface area contributed by atoms with Crippen LogP contribution in [0.2, 0.25) is 0 Å². The maximum atomic E-state index is 11.2. The summed E-state index contributed by atoms with van der Waals surface area (Å²) in [5.74, 6) is 6.95. The number of hydrogen-bond acceptors (Lipinski definition) is 2. The minimum atomic E-state index is -0.327. The molecule has 114 valence electrons. The van der Waals surface area contributed by atoms with E-state index in [9.17, 15) is 10.2 Å². The third-order valence-electron chi connectivity index (χ3n) is 10.1. The van der Waals surface area contributed by atoms with Crippen molar-refractivity contribution >= 4 is 0 Å². The molecular weight excluding hydrogens is 260 g/mol. The van der Waals surface area contributed by atoms with Gasteiger partial charge in [0.25, 0.3) is 0 Å². The van der Waals surface area contributed by atoms with Crippen molar-refractivity contribution in [3.05, 3.63) is 0 Å². The minimum absolute atomic E-state index is 0.315. The molecule has 0 aromatic carbocycles. The van der Waals surface area contributed by atoms with Crippen LogP contribution in [-0.4, -0.2) is 21.4 Å². The first kappa shape index (κ1) is 11.5. The normalized spacial score (nSPS) is 78.0. The first-order valence-electron chi connectivity index (χ1n) is 9.47. The predicted molar refractivity (Wildman–Crippen MR) is 77.2 cm³/mol. The van der Waals surface area contributed by atoms with Crippen molar-refractivity contribution in [3.63, 3.8) is 0 Å². The largest absolute Gasteiger partial charge is 0.390 e. The topological polar surface area (TPSA) is 40.5 Å². The van der Waals surface area contributed by atoms with Crippen molar-refractivity contribution in [2.45, 2.75) is 62.6 Å². The van der Waals surface area contributed by atoms with Crippen molar-refractivity contribution in [2.24, 2.45) is 52.8 Å². The first-order chi connectivity index (χ1) is 10.0. The second kappa shape index (κ2) is 2.86. The Labute approximate surface area is 126 Å². The molecule has 0 heterocycles. The molecule has 0 amide bonds. The molecule has 0 aromatic rings. The van der Waals surface area contributed by atoms with Gasteiger partial charge in [0.2, 0.25) is 0 Å². The zero-order chi connectivity index (χ0) is 13.8. The maximum Gasteiger partial charge on any atom is 0.0659 e. The van der Waals surface area contributed by atoms with Gasteiger partial charge < -0.3 is 10.2 Å². The Balaban J connectivity index is 1.54. The van der Waals surface area contributed by atoms with Gasteiger partial charge in [0.05, 0.1) is 11.2 Å². The van der Waals surface area contributed by atoms with Gasteiger partial charge in [-0.2, -0.15) is 0 Å². The second-order valence-corrected chi connectivity index (χ2v) is 10.4. The van der Waals surface area contributed by atoms with E-state index in [-0.39, 0.29) is 11.2 Å². The molecule has 0 radical (unpaired) electrons. The molecule has 21 heavy (non-hydrogen) atoms. The summed E-state index contributed by atoms with van der Waals surface area (Å²) in [4.78, 5) is 0. The quantitative estimate of drug-likeness (QED) is 0.718. The lowest BCUT2D eigenvalue weighted by Gasteiger charge is -2.80. The predicted octanol–water partition coefficient (Wildman–Crippen LogP) is 2.58. The first-order valence-corrected chi connectivity index (χ1v) is 9.47. The molecule has 10 aliphatic rings. The summed E-state index contributed by atoms with van der Waals surface area (Å²) >= 11 is 0. The second-order valence-electron chi connectivity index (χ2n) is 10.4. The molecular formula is C19H26O2. The van der Waals surface area contributed by atoms with Crippen molar-refractivity contribution in [3.8, 4) is 0 Å². The lowest BCUT2D eigenvalue weighted by Crippen LogP contribution is -2.76. The number of fused-ring (bicyclic) bond motifs is 1. The van der Waals surface area contributed by atoms with E-state index in [4.69, 9.17) is 0 Å². The third-order valence-corrected chi connectivity index (χ3v) is 10.1. The lowest BCUT2D eigenvalue weighted by atomic mass is 9.25. The standard InChI is InChI=1S/C19H26O2/c20-17-1-2-19-8-18(21)6-13-10-3-9(11(4-17)15(13)19)12(5-17)16(19)14(10)7-18/h9-16,20-21H,1-8H2. The van der Waals surface area contributed by atoms with Gasteiger partial charge in [-0.05, 0) is 104 Å². The zero-order valence-electron chi connectivity index (χ0n) is 12.7. The van der Waals surface area contributed by atoms with E-state index in [1.54, 1.807) is 0 Å². The van der Waals surface area contributed by atoms with Crippen LogP contribution in [0.1, 0.15) is 51.4 Å². The Bertz CT molecular complexity index is 536. The van der Waals surface area contributed by atoms with Gasteiger partial charge in [0.15, 0.2) is 0 Å². The average molecular weight is 286 g/mol. The maximum absolute atomic E-state index is 11.2. The summed E-state index contributed by atoms with van der Waals surface area (Å²) in [6.45, 7) is 0. The van der Waals surface area contributed by atoms with Gasteiger partial charge >= 0.3 is 0 Å². The Morgan fingerprint density at radius 2 is 1.14 bits per heavy atom. The van der Waals surface area contributed by atoms with Crippen LogP contribution in [0.15, 0.2) is 0 Å². The molecule has 2 nitrogen and oxygen atoms in total. The molecule has 10 rings (SSSR count). The molecule has 1 spiro atoms. The van der Waals surface area contributed by atoms with E-state index in [0.29, 0.717) is 5.41 Å². The highest BCUT2D eigenvalue weighted by molar-refractivity contribution is 5.28. The van der Waals surface area contributed by atoms with Crippen molar-refractivity contribution < 1.29 is 10.2 Å². The van der Waals surface area contributed by atoms with Crippen LogP contribution in [0.5, 0.6) is 0 Å². The van der Waals surface area contributed by atoms with Crippen LogP contribution < -0.4 is 0 Å². The van der Waals surface area contributed by atoms with Crippen LogP contribution >= 0.6 is 0 Å².